The maximum Gasteiger partial charge on any atom is 0.344 e. The summed E-state index contributed by atoms with van der Waals surface area (Å²) in [5, 5.41) is 2.84. The topological polar surface area (TPSA) is 86.1 Å². The Morgan fingerprint density at radius 3 is 2.26 bits per heavy atom. The molecule has 5 rings (SSSR count). The van der Waals surface area contributed by atoms with Gasteiger partial charge in [0.25, 0.3) is 5.91 Å². The Hall–Kier alpha value is -4.59. The number of rotatable bonds is 6. The quantitative estimate of drug-likeness (QED) is 0.346. The SMILES string of the molecule is CCOC(=O)c1c(NC(=O)c2ccc(F)cc2)n(Cc2ccccc2)c2nc3ccccc3nc12. The molecule has 0 bridgehead atoms. The number of halogens is 1. The van der Waals surface area contributed by atoms with Crippen LogP contribution in [0.4, 0.5) is 10.2 Å². The highest BCUT2D eigenvalue weighted by Gasteiger charge is 2.28. The van der Waals surface area contributed by atoms with Crippen molar-refractivity contribution in [3.63, 3.8) is 0 Å². The molecule has 174 valence electrons. The average Bonchev–Trinajstić information content (AvgIpc) is 3.15. The summed E-state index contributed by atoms with van der Waals surface area (Å²) in [4.78, 5) is 35.8. The molecule has 2 heterocycles. The van der Waals surface area contributed by atoms with E-state index in [2.05, 4.69) is 5.32 Å². The van der Waals surface area contributed by atoms with Crippen LogP contribution in [0.5, 0.6) is 0 Å². The number of amides is 1. The highest BCUT2D eigenvalue weighted by Crippen LogP contribution is 2.32. The Morgan fingerprint density at radius 1 is 0.914 bits per heavy atom. The molecule has 0 fully saturated rings. The normalized spacial score (nSPS) is 11.0. The molecule has 0 aliphatic carbocycles. The summed E-state index contributed by atoms with van der Waals surface area (Å²) in [6, 6.07) is 22.1. The minimum absolute atomic E-state index is 0.117. The minimum atomic E-state index is -0.622. The summed E-state index contributed by atoms with van der Waals surface area (Å²) in [6.45, 7) is 2.18. The van der Waals surface area contributed by atoms with Crippen molar-refractivity contribution in [1.82, 2.24) is 14.5 Å². The number of anilines is 1. The molecule has 0 spiro atoms. The van der Waals surface area contributed by atoms with Crippen molar-refractivity contribution >= 4 is 39.9 Å². The first-order chi connectivity index (χ1) is 17.0. The summed E-state index contributed by atoms with van der Waals surface area (Å²) >= 11 is 0. The number of nitrogens with zero attached hydrogens (tertiary/aromatic N) is 3. The number of hydrogen-bond acceptors (Lipinski definition) is 5. The number of carbonyl (C=O) groups excluding carboxylic acids is 2. The first-order valence-electron chi connectivity index (χ1n) is 11.1. The van der Waals surface area contributed by atoms with Crippen molar-refractivity contribution in [3.8, 4) is 0 Å². The highest BCUT2D eigenvalue weighted by atomic mass is 19.1. The van der Waals surface area contributed by atoms with Crippen LogP contribution in [0.3, 0.4) is 0 Å². The van der Waals surface area contributed by atoms with Crippen molar-refractivity contribution in [2.45, 2.75) is 13.5 Å². The number of esters is 1. The van der Waals surface area contributed by atoms with Crippen LogP contribution in [0.15, 0.2) is 78.9 Å². The van der Waals surface area contributed by atoms with E-state index in [-0.39, 0.29) is 23.6 Å². The van der Waals surface area contributed by atoms with Gasteiger partial charge in [-0.3, -0.25) is 4.79 Å². The molecule has 1 amide bonds. The van der Waals surface area contributed by atoms with Gasteiger partial charge in [0.2, 0.25) is 0 Å². The second kappa shape index (κ2) is 9.34. The number of fused-ring (bicyclic) bond motifs is 2. The Bertz CT molecular complexity index is 1550. The van der Waals surface area contributed by atoms with E-state index in [9.17, 15) is 14.0 Å². The third-order valence-electron chi connectivity index (χ3n) is 5.55. The lowest BCUT2D eigenvalue weighted by molar-refractivity contribution is 0.0529. The third-order valence-corrected chi connectivity index (χ3v) is 5.55. The number of ether oxygens (including phenoxy) is 1. The summed E-state index contributed by atoms with van der Waals surface area (Å²) in [5.74, 6) is -1.36. The summed E-state index contributed by atoms with van der Waals surface area (Å²) in [5.41, 5.74) is 3.32. The number of aromatic nitrogens is 3. The molecular weight excluding hydrogens is 447 g/mol. The van der Waals surface area contributed by atoms with Crippen molar-refractivity contribution < 1.29 is 18.7 Å². The largest absolute Gasteiger partial charge is 0.462 e. The number of benzene rings is 3. The van der Waals surface area contributed by atoms with Crippen LogP contribution >= 0.6 is 0 Å². The maximum absolute atomic E-state index is 13.4. The van der Waals surface area contributed by atoms with E-state index >= 15 is 0 Å². The van der Waals surface area contributed by atoms with Crippen molar-refractivity contribution in [2.24, 2.45) is 0 Å². The van der Waals surface area contributed by atoms with Gasteiger partial charge in [-0.25, -0.2) is 19.2 Å². The molecule has 0 saturated carbocycles. The number of hydrogen-bond donors (Lipinski definition) is 1. The molecule has 0 unspecified atom stereocenters. The molecule has 0 aliphatic heterocycles. The van der Waals surface area contributed by atoms with E-state index in [0.29, 0.717) is 28.7 Å². The second-order valence-electron chi connectivity index (χ2n) is 7.86. The first kappa shape index (κ1) is 22.2. The predicted molar refractivity (Wildman–Crippen MR) is 131 cm³/mol. The lowest BCUT2D eigenvalue weighted by Gasteiger charge is -2.13. The second-order valence-corrected chi connectivity index (χ2v) is 7.86. The zero-order valence-corrected chi connectivity index (χ0v) is 18.9. The lowest BCUT2D eigenvalue weighted by Crippen LogP contribution is -2.18. The Kier molecular flexibility index (Phi) is 5.93. The van der Waals surface area contributed by atoms with Gasteiger partial charge in [-0.1, -0.05) is 42.5 Å². The fourth-order valence-electron chi connectivity index (χ4n) is 3.93. The fraction of sp³-hybridized carbons (Fsp3) is 0.111. The summed E-state index contributed by atoms with van der Waals surface area (Å²) in [6.07, 6.45) is 0. The van der Waals surface area contributed by atoms with E-state index in [1.807, 2.05) is 54.6 Å². The number of nitrogens with one attached hydrogen (secondary N) is 1. The van der Waals surface area contributed by atoms with Gasteiger partial charge in [-0.2, -0.15) is 0 Å². The zero-order valence-electron chi connectivity index (χ0n) is 18.9. The number of carbonyl (C=O) groups is 2. The molecule has 0 radical (unpaired) electrons. The molecule has 0 atom stereocenters. The molecule has 0 saturated heterocycles. The Morgan fingerprint density at radius 2 is 1.57 bits per heavy atom. The van der Waals surface area contributed by atoms with Gasteiger partial charge >= 0.3 is 5.97 Å². The van der Waals surface area contributed by atoms with Crippen LogP contribution in [0.2, 0.25) is 0 Å². The van der Waals surface area contributed by atoms with Crippen molar-refractivity contribution in [3.05, 3.63) is 101 Å². The Labute approximate surface area is 200 Å². The molecule has 3 aromatic carbocycles. The van der Waals surface area contributed by atoms with Gasteiger partial charge in [0.05, 0.1) is 24.2 Å². The van der Waals surface area contributed by atoms with E-state index in [0.717, 1.165) is 5.56 Å². The van der Waals surface area contributed by atoms with Crippen molar-refractivity contribution in [1.29, 1.82) is 0 Å². The molecule has 2 aromatic heterocycles. The molecular formula is C27H21FN4O3. The summed E-state index contributed by atoms with van der Waals surface area (Å²) in [7, 11) is 0. The number of para-hydroxylation sites is 2. The molecule has 5 aromatic rings. The van der Waals surface area contributed by atoms with Crippen LogP contribution in [0, 0.1) is 5.82 Å². The van der Waals surface area contributed by atoms with Gasteiger partial charge in [-0.05, 0) is 48.9 Å². The molecule has 7 nitrogen and oxygen atoms in total. The van der Waals surface area contributed by atoms with Gasteiger partial charge < -0.3 is 14.6 Å². The van der Waals surface area contributed by atoms with Crippen LogP contribution in [0.1, 0.15) is 33.2 Å². The van der Waals surface area contributed by atoms with E-state index in [1.165, 1.54) is 24.3 Å². The molecule has 35 heavy (non-hydrogen) atoms. The van der Waals surface area contributed by atoms with Gasteiger partial charge in [0.15, 0.2) is 5.65 Å². The molecule has 8 heteroatoms. The minimum Gasteiger partial charge on any atom is -0.462 e. The average molecular weight is 468 g/mol. The lowest BCUT2D eigenvalue weighted by atomic mass is 10.2. The van der Waals surface area contributed by atoms with Crippen LogP contribution in [-0.4, -0.2) is 33.0 Å². The van der Waals surface area contributed by atoms with Crippen molar-refractivity contribution in [2.75, 3.05) is 11.9 Å². The predicted octanol–water partition coefficient (Wildman–Crippen LogP) is 5.20. The first-order valence-corrected chi connectivity index (χ1v) is 11.1. The third kappa shape index (κ3) is 4.33. The van der Waals surface area contributed by atoms with Crippen LogP contribution in [0.25, 0.3) is 22.2 Å². The molecule has 1 N–H and O–H groups in total. The fourth-order valence-corrected chi connectivity index (χ4v) is 3.93. The standard InChI is InChI=1S/C27H21FN4O3/c1-2-35-27(34)22-23-25(30-21-11-7-6-10-20(21)29-23)32(16-17-8-4-3-5-9-17)24(22)31-26(33)18-12-14-19(28)15-13-18/h3-15H,2,16H2,1H3,(H,31,33). The van der Waals surface area contributed by atoms with E-state index < -0.39 is 17.7 Å². The van der Waals surface area contributed by atoms with E-state index in [4.69, 9.17) is 14.7 Å². The van der Waals surface area contributed by atoms with Gasteiger partial charge in [0, 0.05) is 5.56 Å². The summed E-state index contributed by atoms with van der Waals surface area (Å²) < 4.78 is 20.5. The van der Waals surface area contributed by atoms with Gasteiger partial charge in [0.1, 0.15) is 22.7 Å². The van der Waals surface area contributed by atoms with Gasteiger partial charge in [-0.15, -0.1) is 0 Å². The van der Waals surface area contributed by atoms with E-state index in [1.54, 1.807) is 11.5 Å². The maximum atomic E-state index is 13.4. The Balaban J connectivity index is 1.75. The zero-order chi connectivity index (χ0) is 24.4. The molecule has 0 aliphatic rings. The monoisotopic (exact) mass is 468 g/mol. The highest BCUT2D eigenvalue weighted by molar-refractivity contribution is 6.13. The van der Waals surface area contributed by atoms with Crippen LogP contribution in [-0.2, 0) is 11.3 Å². The van der Waals surface area contributed by atoms with Crippen LogP contribution < -0.4 is 5.32 Å². The smallest absolute Gasteiger partial charge is 0.344 e.